The van der Waals surface area contributed by atoms with Crippen molar-refractivity contribution in [2.45, 2.75) is 37.8 Å². The van der Waals surface area contributed by atoms with E-state index in [9.17, 15) is 9.59 Å². The van der Waals surface area contributed by atoms with Crippen LogP contribution in [-0.4, -0.2) is 52.4 Å². The zero-order valence-corrected chi connectivity index (χ0v) is 19.9. The molecule has 0 N–H and O–H groups in total. The van der Waals surface area contributed by atoms with Crippen LogP contribution in [0.1, 0.15) is 36.1 Å². The molecule has 2 aromatic rings. The number of nitrogens with zero attached hydrogens (tertiary/aromatic N) is 3. The van der Waals surface area contributed by atoms with Gasteiger partial charge in [-0.15, -0.1) is 0 Å². The third kappa shape index (κ3) is 6.18. The Morgan fingerprint density at radius 2 is 1.90 bits per heavy atom. The van der Waals surface area contributed by atoms with E-state index in [4.69, 9.17) is 4.74 Å². The molecule has 0 spiro atoms. The Labute approximate surface area is 190 Å². The average molecular weight is 494 g/mol. The van der Waals surface area contributed by atoms with E-state index in [2.05, 4.69) is 20.9 Å². The van der Waals surface area contributed by atoms with Crippen LogP contribution in [0, 0.1) is 6.92 Å². The lowest BCUT2D eigenvalue weighted by Crippen LogP contribution is -2.40. The summed E-state index contributed by atoms with van der Waals surface area (Å²) >= 11 is 5.02. The minimum absolute atomic E-state index is 0.00964. The number of aromatic nitrogens is 2. The van der Waals surface area contributed by atoms with E-state index in [-0.39, 0.29) is 11.5 Å². The average Bonchev–Trinajstić information content (AvgIpc) is 2.76. The molecule has 8 heteroatoms. The molecule has 3 rings (SSSR count). The Balaban J connectivity index is 1.52. The molecular weight excluding hydrogens is 466 g/mol. The molecule has 1 saturated heterocycles. The lowest BCUT2D eigenvalue weighted by atomic mass is 10.1. The number of hydrogen-bond acceptors (Lipinski definition) is 5. The molecule has 0 atom stereocenters. The highest BCUT2D eigenvalue weighted by molar-refractivity contribution is 9.10. The van der Waals surface area contributed by atoms with Crippen molar-refractivity contribution in [2.24, 2.45) is 7.05 Å². The predicted molar refractivity (Wildman–Crippen MR) is 123 cm³/mol. The third-order valence-electron chi connectivity index (χ3n) is 5.22. The van der Waals surface area contributed by atoms with E-state index in [1.54, 1.807) is 23.4 Å². The maximum Gasteiger partial charge on any atom is 0.257 e. The number of morpholine rings is 1. The summed E-state index contributed by atoms with van der Waals surface area (Å²) in [6.45, 7) is 4.58. The second-order valence-electron chi connectivity index (χ2n) is 7.42. The summed E-state index contributed by atoms with van der Waals surface area (Å²) in [5.41, 5.74) is 2.62. The molecule has 1 aliphatic rings. The second-order valence-corrected chi connectivity index (χ2v) is 9.40. The van der Waals surface area contributed by atoms with Crippen LogP contribution in [0.3, 0.4) is 0 Å². The van der Waals surface area contributed by atoms with Gasteiger partial charge in [-0.1, -0.05) is 39.8 Å². The zero-order chi connectivity index (χ0) is 21.5. The zero-order valence-electron chi connectivity index (χ0n) is 17.5. The van der Waals surface area contributed by atoms with Crippen LogP contribution in [0.4, 0.5) is 0 Å². The number of carbonyl (C=O) groups excluding carboxylic acids is 1. The summed E-state index contributed by atoms with van der Waals surface area (Å²) in [7, 11) is 1.78. The molecule has 1 fully saturated rings. The van der Waals surface area contributed by atoms with E-state index in [0.717, 1.165) is 45.0 Å². The van der Waals surface area contributed by atoms with E-state index in [1.807, 2.05) is 36.1 Å². The van der Waals surface area contributed by atoms with Crippen molar-refractivity contribution in [1.82, 2.24) is 14.5 Å². The van der Waals surface area contributed by atoms with Gasteiger partial charge in [-0.05, 0) is 37.5 Å². The molecule has 0 unspecified atom stereocenters. The summed E-state index contributed by atoms with van der Waals surface area (Å²) < 4.78 is 7.95. The van der Waals surface area contributed by atoms with Crippen molar-refractivity contribution in [3.8, 4) is 0 Å². The number of hydrogen-bond donors (Lipinski definition) is 0. The van der Waals surface area contributed by atoms with E-state index >= 15 is 0 Å². The van der Waals surface area contributed by atoms with Gasteiger partial charge in [0.05, 0.1) is 13.2 Å². The summed E-state index contributed by atoms with van der Waals surface area (Å²) in [6.07, 6.45) is 2.90. The van der Waals surface area contributed by atoms with Gasteiger partial charge in [-0.2, -0.15) is 0 Å². The first-order chi connectivity index (χ1) is 14.5. The highest BCUT2D eigenvalue weighted by Crippen LogP contribution is 2.19. The molecule has 1 amide bonds. The van der Waals surface area contributed by atoms with Gasteiger partial charge in [0.2, 0.25) is 5.91 Å². The standard InChI is InChI=1S/C22H28BrN3O3S/c1-16-19(15-17-6-8-18(23)9-7-17)21(28)25(2)22(24-16)30-14-4-3-5-20(27)26-10-12-29-13-11-26/h6-9H,3-5,10-15H2,1-2H3. The van der Waals surface area contributed by atoms with Crippen LogP contribution in [0.5, 0.6) is 0 Å². The minimum atomic E-state index is 0.00964. The van der Waals surface area contributed by atoms with Crippen LogP contribution >= 0.6 is 27.7 Å². The number of unbranched alkanes of at least 4 members (excludes halogenated alkanes) is 1. The second kappa shape index (κ2) is 11.1. The quantitative estimate of drug-likeness (QED) is 0.319. The van der Waals surface area contributed by atoms with Crippen molar-refractivity contribution >= 4 is 33.6 Å². The molecule has 1 aliphatic heterocycles. The minimum Gasteiger partial charge on any atom is -0.378 e. The summed E-state index contributed by atoms with van der Waals surface area (Å²) in [5, 5.41) is 0.733. The van der Waals surface area contributed by atoms with Crippen molar-refractivity contribution < 1.29 is 9.53 Å². The number of rotatable bonds is 8. The SMILES string of the molecule is Cc1nc(SCCCCC(=O)N2CCOCC2)n(C)c(=O)c1Cc1ccc(Br)cc1. The molecule has 1 aromatic heterocycles. The van der Waals surface area contributed by atoms with Gasteiger partial charge < -0.3 is 9.64 Å². The van der Waals surface area contributed by atoms with E-state index in [0.29, 0.717) is 39.1 Å². The Bertz CT molecular complexity index is 924. The molecular formula is C22H28BrN3O3S. The Morgan fingerprint density at radius 3 is 2.60 bits per heavy atom. The first-order valence-corrected chi connectivity index (χ1v) is 12.0. The van der Waals surface area contributed by atoms with Gasteiger partial charge in [0.1, 0.15) is 0 Å². The summed E-state index contributed by atoms with van der Waals surface area (Å²) in [6, 6.07) is 8.00. The fourth-order valence-corrected chi connectivity index (χ4v) is 4.66. The van der Waals surface area contributed by atoms with Gasteiger partial charge in [0, 0.05) is 54.5 Å². The Kier molecular flexibility index (Phi) is 8.53. The number of carbonyl (C=O) groups is 1. The van der Waals surface area contributed by atoms with E-state index < -0.39 is 0 Å². The van der Waals surface area contributed by atoms with Crippen LogP contribution in [0.25, 0.3) is 0 Å². The van der Waals surface area contributed by atoms with Crippen LogP contribution in [0.15, 0.2) is 38.7 Å². The van der Waals surface area contributed by atoms with Gasteiger partial charge >= 0.3 is 0 Å². The normalized spacial score (nSPS) is 14.2. The highest BCUT2D eigenvalue weighted by Gasteiger charge is 2.16. The van der Waals surface area contributed by atoms with E-state index in [1.165, 1.54) is 0 Å². The van der Waals surface area contributed by atoms with Crippen LogP contribution in [0.2, 0.25) is 0 Å². The third-order valence-corrected chi connectivity index (χ3v) is 6.87. The summed E-state index contributed by atoms with van der Waals surface area (Å²) in [4.78, 5) is 31.6. The fourth-order valence-electron chi connectivity index (χ4n) is 3.38. The maximum absolute atomic E-state index is 12.9. The maximum atomic E-state index is 12.9. The predicted octanol–water partition coefficient (Wildman–Crippen LogP) is 3.56. The smallest absolute Gasteiger partial charge is 0.257 e. The van der Waals surface area contributed by atoms with Gasteiger partial charge in [0.25, 0.3) is 5.56 Å². The van der Waals surface area contributed by atoms with Gasteiger partial charge in [-0.25, -0.2) is 4.98 Å². The molecule has 0 bridgehead atoms. The molecule has 162 valence electrons. The van der Waals surface area contributed by atoms with Crippen LogP contribution < -0.4 is 5.56 Å². The number of thioether (sulfide) groups is 1. The van der Waals surface area contributed by atoms with Crippen molar-refractivity contribution in [3.05, 3.63) is 55.9 Å². The Morgan fingerprint density at radius 1 is 1.20 bits per heavy atom. The number of halogens is 1. The molecule has 30 heavy (non-hydrogen) atoms. The summed E-state index contributed by atoms with van der Waals surface area (Å²) in [5.74, 6) is 1.05. The molecule has 0 saturated carbocycles. The van der Waals surface area contributed by atoms with Crippen LogP contribution in [-0.2, 0) is 23.0 Å². The first kappa shape index (κ1) is 23.0. The number of ether oxygens (including phenoxy) is 1. The molecule has 0 radical (unpaired) electrons. The first-order valence-electron chi connectivity index (χ1n) is 10.2. The number of aryl methyl sites for hydroxylation is 1. The molecule has 1 aromatic carbocycles. The molecule has 0 aliphatic carbocycles. The van der Waals surface area contributed by atoms with Crippen molar-refractivity contribution in [3.63, 3.8) is 0 Å². The van der Waals surface area contributed by atoms with Crippen molar-refractivity contribution in [1.29, 1.82) is 0 Å². The lowest BCUT2D eigenvalue weighted by Gasteiger charge is -2.26. The van der Waals surface area contributed by atoms with Gasteiger partial charge in [0.15, 0.2) is 5.16 Å². The topological polar surface area (TPSA) is 64.4 Å². The largest absolute Gasteiger partial charge is 0.378 e. The number of benzene rings is 1. The molecule has 2 heterocycles. The lowest BCUT2D eigenvalue weighted by molar-refractivity contribution is -0.135. The van der Waals surface area contributed by atoms with Gasteiger partial charge in [-0.3, -0.25) is 14.2 Å². The monoisotopic (exact) mass is 493 g/mol. The Hall–Kier alpha value is -1.64. The molecule has 6 nitrogen and oxygen atoms in total. The van der Waals surface area contributed by atoms with Crippen molar-refractivity contribution in [2.75, 3.05) is 32.1 Å². The highest BCUT2D eigenvalue weighted by atomic mass is 79.9. The fraction of sp³-hybridized carbons (Fsp3) is 0.500. The number of amides is 1.